The van der Waals surface area contributed by atoms with Crippen LogP contribution in [-0.2, 0) is 4.74 Å². The zero-order valence-corrected chi connectivity index (χ0v) is 13.4. The minimum absolute atomic E-state index is 0.0119. The van der Waals surface area contributed by atoms with Crippen molar-refractivity contribution in [1.29, 1.82) is 0 Å². The largest absolute Gasteiger partial charge is 0.465 e. The molecule has 7 heteroatoms. The molecule has 1 aliphatic rings. The fraction of sp³-hybridized carbons (Fsp3) is 0.353. The number of methoxy groups -OCH3 is 1. The number of nitrogens with zero attached hydrogens (tertiary/aromatic N) is 2. The predicted octanol–water partition coefficient (Wildman–Crippen LogP) is 1.31. The monoisotopic (exact) mass is 328 g/mol. The van der Waals surface area contributed by atoms with Crippen LogP contribution in [0.3, 0.4) is 0 Å². The quantitative estimate of drug-likeness (QED) is 0.821. The topological polar surface area (TPSA) is 99.2 Å². The van der Waals surface area contributed by atoms with Gasteiger partial charge in [-0.1, -0.05) is 0 Å². The van der Waals surface area contributed by atoms with Crippen molar-refractivity contribution in [3.8, 4) is 5.69 Å². The molecule has 0 spiro atoms. The summed E-state index contributed by atoms with van der Waals surface area (Å²) in [5.41, 5.74) is 6.04. The number of pyridine rings is 2. The summed E-state index contributed by atoms with van der Waals surface area (Å²) in [6.07, 6.45) is 6.18. The fourth-order valence-corrected chi connectivity index (χ4v) is 2.93. The van der Waals surface area contributed by atoms with Crippen molar-refractivity contribution < 1.29 is 9.53 Å². The van der Waals surface area contributed by atoms with Crippen LogP contribution in [0.1, 0.15) is 29.6 Å². The Morgan fingerprint density at radius 3 is 2.83 bits per heavy atom. The molecule has 2 aromatic heterocycles. The average molecular weight is 328 g/mol. The van der Waals surface area contributed by atoms with Crippen LogP contribution in [0.5, 0.6) is 0 Å². The van der Waals surface area contributed by atoms with Crippen LogP contribution in [0.15, 0.2) is 41.5 Å². The number of anilines is 1. The SMILES string of the molecule is COC(=O)c1cccn(-c2ccc(N[C@H]3CC[C@H](N)C3)nc2)c1=O. The highest BCUT2D eigenvalue weighted by Crippen LogP contribution is 2.21. The molecule has 3 rings (SSSR count). The summed E-state index contributed by atoms with van der Waals surface area (Å²) in [4.78, 5) is 28.3. The van der Waals surface area contributed by atoms with Gasteiger partial charge in [-0.25, -0.2) is 9.78 Å². The lowest BCUT2D eigenvalue weighted by Gasteiger charge is -2.13. The van der Waals surface area contributed by atoms with Crippen molar-refractivity contribution in [2.75, 3.05) is 12.4 Å². The fourth-order valence-electron chi connectivity index (χ4n) is 2.93. The summed E-state index contributed by atoms with van der Waals surface area (Å²) >= 11 is 0. The van der Waals surface area contributed by atoms with Gasteiger partial charge in [-0.15, -0.1) is 0 Å². The van der Waals surface area contributed by atoms with Crippen LogP contribution in [0.25, 0.3) is 5.69 Å². The molecule has 0 unspecified atom stereocenters. The van der Waals surface area contributed by atoms with E-state index in [0.717, 1.165) is 25.1 Å². The van der Waals surface area contributed by atoms with E-state index < -0.39 is 11.5 Å². The van der Waals surface area contributed by atoms with Crippen LogP contribution in [0, 0.1) is 0 Å². The third-order valence-corrected chi connectivity index (χ3v) is 4.20. The molecule has 0 aromatic carbocycles. The summed E-state index contributed by atoms with van der Waals surface area (Å²) < 4.78 is 5.99. The van der Waals surface area contributed by atoms with E-state index in [1.165, 1.54) is 17.7 Å². The van der Waals surface area contributed by atoms with Gasteiger partial charge in [-0.05, 0) is 43.5 Å². The molecular weight excluding hydrogens is 308 g/mol. The molecule has 126 valence electrons. The van der Waals surface area contributed by atoms with Crippen molar-refractivity contribution in [3.63, 3.8) is 0 Å². The summed E-state index contributed by atoms with van der Waals surface area (Å²) in [7, 11) is 1.25. The summed E-state index contributed by atoms with van der Waals surface area (Å²) in [6, 6.07) is 7.25. The third-order valence-electron chi connectivity index (χ3n) is 4.20. The molecule has 0 radical (unpaired) electrons. The lowest BCUT2D eigenvalue weighted by Crippen LogP contribution is -2.25. The first kappa shape index (κ1) is 16.2. The van der Waals surface area contributed by atoms with Gasteiger partial charge in [-0.3, -0.25) is 9.36 Å². The molecule has 24 heavy (non-hydrogen) atoms. The van der Waals surface area contributed by atoms with Gasteiger partial charge in [0.05, 0.1) is 19.0 Å². The van der Waals surface area contributed by atoms with Gasteiger partial charge in [0.15, 0.2) is 0 Å². The number of rotatable bonds is 4. The molecule has 1 aliphatic carbocycles. The lowest BCUT2D eigenvalue weighted by atomic mass is 10.2. The number of carbonyl (C=O) groups is 1. The first-order chi connectivity index (χ1) is 11.6. The normalized spacial score (nSPS) is 19.9. The first-order valence-corrected chi connectivity index (χ1v) is 7.87. The maximum absolute atomic E-state index is 12.4. The summed E-state index contributed by atoms with van der Waals surface area (Å²) in [6.45, 7) is 0. The van der Waals surface area contributed by atoms with E-state index >= 15 is 0 Å². The number of nitrogens with one attached hydrogen (secondary N) is 1. The van der Waals surface area contributed by atoms with Crippen LogP contribution in [0.4, 0.5) is 5.82 Å². The van der Waals surface area contributed by atoms with Crippen molar-refractivity contribution in [3.05, 3.63) is 52.6 Å². The van der Waals surface area contributed by atoms with E-state index in [-0.39, 0.29) is 11.6 Å². The highest BCUT2D eigenvalue weighted by Gasteiger charge is 2.21. The summed E-state index contributed by atoms with van der Waals surface area (Å²) in [5, 5.41) is 3.35. The molecule has 2 aromatic rings. The Kier molecular flexibility index (Phi) is 4.61. The lowest BCUT2D eigenvalue weighted by molar-refractivity contribution is 0.0598. The van der Waals surface area contributed by atoms with Gasteiger partial charge >= 0.3 is 5.97 Å². The zero-order chi connectivity index (χ0) is 17.1. The Hall–Kier alpha value is -2.67. The van der Waals surface area contributed by atoms with Crippen LogP contribution < -0.4 is 16.6 Å². The summed E-state index contributed by atoms with van der Waals surface area (Å²) in [5.74, 6) is 0.0909. The highest BCUT2D eigenvalue weighted by molar-refractivity contribution is 5.88. The minimum atomic E-state index is -0.654. The number of hydrogen-bond acceptors (Lipinski definition) is 6. The minimum Gasteiger partial charge on any atom is -0.465 e. The van der Waals surface area contributed by atoms with Crippen molar-refractivity contribution in [1.82, 2.24) is 9.55 Å². The van der Waals surface area contributed by atoms with E-state index in [2.05, 4.69) is 15.0 Å². The molecule has 0 saturated heterocycles. The van der Waals surface area contributed by atoms with Crippen molar-refractivity contribution in [2.24, 2.45) is 5.73 Å². The third kappa shape index (κ3) is 3.30. The number of esters is 1. The maximum atomic E-state index is 12.4. The smallest absolute Gasteiger partial charge is 0.343 e. The van der Waals surface area contributed by atoms with Crippen molar-refractivity contribution >= 4 is 11.8 Å². The Balaban J connectivity index is 1.81. The van der Waals surface area contributed by atoms with Gasteiger partial charge in [0.25, 0.3) is 5.56 Å². The second kappa shape index (κ2) is 6.84. The van der Waals surface area contributed by atoms with Crippen LogP contribution >= 0.6 is 0 Å². The molecule has 2 atom stereocenters. The van der Waals surface area contributed by atoms with Crippen LogP contribution in [-0.4, -0.2) is 34.7 Å². The Morgan fingerprint density at radius 1 is 1.38 bits per heavy atom. The second-order valence-electron chi connectivity index (χ2n) is 5.90. The number of nitrogens with two attached hydrogens (primary N) is 1. The Labute approximate surface area is 139 Å². The molecule has 2 heterocycles. The molecule has 0 amide bonds. The molecule has 3 N–H and O–H groups in total. The van der Waals surface area contributed by atoms with Crippen molar-refractivity contribution in [2.45, 2.75) is 31.3 Å². The van der Waals surface area contributed by atoms with E-state index in [1.807, 2.05) is 6.07 Å². The second-order valence-corrected chi connectivity index (χ2v) is 5.90. The van der Waals surface area contributed by atoms with Gasteiger partial charge in [-0.2, -0.15) is 0 Å². The van der Waals surface area contributed by atoms with E-state index in [1.54, 1.807) is 24.5 Å². The Bertz CT molecular complexity index is 785. The van der Waals surface area contributed by atoms with E-state index in [4.69, 9.17) is 5.73 Å². The molecule has 1 saturated carbocycles. The molecular formula is C17H20N4O3. The van der Waals surface area contributed by atoms with Gasteiger partial charge in [0.2, 0.25) is 0 Å². The molecule has 7 nitrogen and oxygen atoms in total. The number of ether oxygens (including phenoxy) is 1. The molecule has 0 aliphatic heterocycles. The number of hydrogen-bond donors (Lipinski definition) is 2. The molecule has 0 bridgehead atoms. The first-order valence-electron chi connectivity index (χ1n) is 7.87. The maximum Gasteiger partial charge on any atom is 0.343 e. The van der Waals surface area contributed by atoms with Gasteiger partial charge in [0.1, 0.15) is 11.4 Å². The number of aromatic nitrogens is 2. The van der Waals surface area contributed by atoms with E-state index in [9.17, 15) is 9.59 Å². The zero-order valence-electron chi connectivity index (χ0n) is 13.4. The molecule has 1 fully saturated rings. The van der Waals surface area contributed by atoms with Crippen LogP contribution in [0.2, 0.25) is 0 Å². The van der Waals surface area contributed by atoms with Gasteiger partial charge in [0, 0.05) is 18.3 Å². The average Bonchev–Trinajstić information content (AvgIpc) is 3.00. The number of carbonyl (C=O) groups excluding carboxylic acids is 1. The van der Waals surface area contributed by atoms with E-state index in [0.29, 0.717) is 11.7 Å². The predicted molar refractivity (Wildman–Crippen MR) is 90.4 cm³/mol. The Morgan fingerprint density at radius 2 is 2.21 bits per heavy atom. The van der Waals surface area contributed by atoms with Gasteiger partial charge < -0.3 is 15.8 Å². The standard InChI is InChI=1S/C17H20N4O3/c1-24-17(23)14-3-2-8-21(16(14)22)13-6-7-15(19-10-13)20-12-5-4-11(18)9-12/h2-3,6-8,10-12H,4-5,9,18H2,1H3,(H,19,20)/t11-,12-/m0/s1. The highest BCUT2D eigenvalue weighted by atomic mass is 16.5.